The summed E-state index contributed by atoms with van der Waals surface area (Å²) in [5.74, 6) is -0.136. The third-order valence-electron chi connectivity index (χ3n) is 7.75. The lowest BCUT2D eigenvalue weighted by Gasteiger charge is -2.71. The first-order valence-electron chi connectivity index (χ1n) is 11.8. The minimum absolute atomic E-state index is 0.0393. The van der Waals surface area contributed by atoms with Crippen LogP contribution in [0.1, 0.15) is 58.3 Å². The molecule has 3 unspecified atom stereocenters. The highest BCUT2D eigenvalue weighted by Gasteiger charge is 2.69. The van der Waals surface area contributed by atoms with Gasteiger partial charge in [-0.3, -0.25) is 25.6 Å². The second-order valence-corrected chi connectivity index (χ2v) is 10.5. The number of carbonyl (C=O) groups is 1. The number of halogens is 3. The molecular formula is C21H34F3N5O3. The number of fused-ring (bicyclic) bond motifs is 1. The number of hydrazine groups is 1. The number of nitrogens with one attached hydrogen (secondary N) is 4. The Balaban J connectivity index is 0.998. The molecule has 32 heavy (non-hydrogen) atoms. The molecule has 2 bridgehead atoms. The van der Waals surface area contributed by atoms with E-state index in [1.807, 2.05) is 0 Å². The van der Waals surface area contributed by atoms with Crippen molar-refractivity contribution in [3.05, 3.63) is 0 Å². The summed E-state index contributed by atoms with van der Waals surface area (Å²) in [7, 11) is 0. The van der Waals surface area contributed by atoms with Crippen molar-refractivity contribution in [1.29, 1.82) is 0 Å². The van der Waals surface area contributed by atoms with Crippen LogP contribution < -0.4 is 21.4 Å². The quantitative estimate of drug-likeness (QED) is 0.452. The summed E-state index contributed by atoms with van der Waals surface area (Å²) in [6.45, 7) is 4.14. The van der Waals surface area contributed by atoms with Crippen LogP contribution in [0, 0.1) is 0 Å². The van der Waals surface area contributed by atoms with Gasteiger partial charge in [-0.05, 0) is 58.3 Å². The van der Waals surface area contributed by atoms with Crippen LogP contribution in [-0.4, -0.2) is 78.5 Å². The summed E-state index contributed by atoms with van der Waals surface area (Å²) in [5.41, 5.74) is 3.52. The van der Waals surface area contributed by atoms with Gasteiger partial charge in [-0.1, -0.05) is 0 Å². The van der Waals surface area contributed by atoms with Gasteiger partial charge in [-0.25, -0.2) is 5.01 Å². The van der Waals surface area contributed by atoms with Crippen molar-refractivity contribution in [2.75, 3.05) is 19.7 Å². The van der Waals surface area contributed by atoms with E-state index in [9.17, 15) is 18.0 Å². The molecule has 0 aromatic carbocycles. The molecule has 8 nitrogen and oxygen atoms in total. The number of rotatable bonds is 7. The Morgan fingerprint density at radius 3 is 2.50 bits per heavy atom. The Bertz CT molecular complexity index is 696. The highest BCUT2D eigenvalue weighted by molar-refractivity contribution is 5.79. The predicted octanol–water partition coefficient (Wildman–Crippen LogP) is 1.13. The maximum absolute atomic E-state index is 12.4. The summed E-state index contributed by atoms with van der Waals surface area (Å²) < 4.78 is 46.7. The molecule has 3 atom stereocenters. The highest BCUT2D eigenvalue weighted by Crippen LogP contribution is 2.60. The number of carbonyl (C=O) groups excluding carboxylic acids is 1. The lowest BCUT2D eigenvalue weighted by molar-refractivity contribution is -0.346. The number of hydrogen-bond acceptors (Lipinski definition) is 7. The van der Waals surface area contributed by atoms with Gasteiger partial charge in [0.2, 0.25) is 5.91 Å². The molecule has 4 saturated carbocycles. The number of ether oxygens (including phenoxy) is 2. The molecule has 0 aromatic heterocycles. The highest BCUT2D eigenvalue weighted by atomic mass is 19.4. The third-order valence-corrected chi connectivity index (χ3v) is 7.75. The Kier molecular flexibility index (Phi) is 5.95. The summed E-state index contributed by atoms with van der Waals surface area (Å²) in [4.78, 5) is 12.4. The molecule has 6 rings (SSSR count). The van der Waals surface area contributed by atoms with E-state index in [4.69, 9.17) is 4.74 Å². The minimum Gasteiger partial charge on any atom is -0.368 e. The van der Waals surface area contributed by atoms with Crippen LogP contribution in [-0.2, 0) is 14.3 Å². The molecule has 11 heteroatoms. The number of nitrogens with zero attached hydrogens (tertiary/aromatic N) is 1. The van der Waals surface area contributed by atoms with Crippen molar-refractivity contribution < 1.29 is 27.4 Å². The smallest absolute Gasteiger partial charge is 0.368 e. The van der Waals surface area contributed by atoms with Crippen LogP contribution in [0.15, 0.2) is 0 Å². The summed E-state index contributed by atoms with van der Waals surface area (Å²) >= 11 is 0. The van der Waals surface area contributed by atoms with Gasteiger partial charge in [-0.15, -0.1) is 13.2 Å². The van der Waals surface area contributed by atoms with E-state index in [1.54, 1.807) is 0 Å². The number of alkyl halides is 3. The molecule has 2 saturated heterocycles. The van der Waals surface area contributed by atoms with Gasteiger partial charge >= 0.3 is 6.36 Å². The first-order chi connectivity index (χ1) is 15.1. The molecule has 182 valence electrons. The summed E-state index contributed by atoms with van der Waals surface area (Å²) in [6, 6.07) is 0.943. The molecule has 2 heterocycles. The maximum Gasteiger partial charge on any atom is 0.522 e. The van der Waals surface area contributed by atoms with Crippen LogP contribution in [0.3, 0.4) is 0 Å². The standard InChI is InChI=1S/C21H34F3N5O3/c1-13-8-16-18(25-6-7-29(16)28-13)27-20-10-19(11-20,12-20)26-17(30)9-31-14-2-4-15(5-3-14)32-21(22,23)24/h13-16,18,25,27-28H,2-12H2,1H3,(H,26,30). The maximum atomic E-state index is 12.4. The number of piperazine rings is 1. The van der Waals surface area contributed by atoms with E-state index in [-0.39, 0.29) is 35.9 Å². The average Bonchev–Trinajstić information content (AvgIpc) is 3.05. The van der Waals surface area contributed by atoms with Crippen LogP contribution in [0.4, 0.5) is 13.2 Å². The normalized spacial score (nSPS) is 43.8. The van der Waals surface area contributed by atoms with Gasteiger partial charge in [0.25, 0.3) is 0 Å². The molecule has 4 N–H and O–H groups in total. The zero-order chi connectivity index (χ0) is 22.6. The van der Waals surface area contributed by atoms with Crippen molar-refractivity contribution in [2.24, 2.45) is 0 Å². The van der Waals surface area contributed by atoms with Gasteiger partial charge in [0, 0.05) is 30.2 Å². The fourth-order valence-corrected chi connectivity index (χ4v) is 6.53. The van der Waals surface area contributed by atoms with Gasteiger partial charge in [0.05, 0.1) is 24.4 Å². The average molecular weight is 462 g/mol. The van der Waals surface area contributed by atoms with Crippen molar-refractivity contribution in [2.45, 2.75) is 106 Å². The van der Waals surface area contributed by atoms with E-state index in [0.717, 1.165) is 38.8 Å². The molecule has 1 amide bonds. The van der Waals surface area contributed by atoms with E-state index in [0.29, 0.717) is 37.8 Å². The van der Waals surface area contributed by atoms with Crippen LogP contribution >= 0.6 is 0 Å². The van der Waals surface area contributed by atoms with Crippen molar-refractivity contribution in [3.63, 3.8) is 0 Å². The van der Waals surface area contributed by atoms with Gasteiger partial charge < -0.3 is 10.1 Å². The number of amides is 1. The summed E-state index contributed by atoms with van der Waals surface area (Å²) in [6.07, 6.45) is 0.139. The molecule has 6 fully saturated rings. The predicted molar refractivity (Wildman–Crippen MR) is 109 cm³/mol. The molecule has 0 spiro atoms. The van der Waals surface area contributed by atoms with Crippen molar-refractivity contribution in [3.8, 4) is 0 Å². The van der Waals surface area contributed by atoms with Crippen LogP contribution in [0.5, 0.6) is 0 Å². The monoisotopic (exact) mass is 461 g/mol. The van der Waals surface area contributed by atoms with Crippen LogP contribution in [0.2, 0.25) is 0 Å². The Morgan fingerprint density at radius 2 is 1.81 bits per heavy atom. The minimum atomic E-state index is -4.59. The number of hydrogen-bond donors (Lipinski definition) is 4. The van der Waals surface area contributed by atoms with Gasteiger partial charge in [0.1, 0.15) is 6.61 Å². The third kappa shape index (κ3) is 4.78. The second kappa shape index (κ2) is 8.35. The zero-order valence-electron chi connectivity index (χ0n) is 18.5. The molecule has 6 aliphatic rings. The lowest BCUT2D eigenvalue weighted by atomic mass is 9.44. The van der Waals surface area contributed by atoms with E-state index in [1.165, 1.54) is 0 Å². The molecule has 0 aromatic rings. The first kappa shape index (κ1) is 22.8. The fourth-order valence-electron chi connectivity index (χ4n) is 6.53. The van der Waals surface area contributed by atoms with E-state index < -0.39 is 12.5 Å². The first-order valence-corrected chi connectivity index (χ1v) is 11.8. The fraction of sp³-hybridized carbons (Fsp3) is 0.952. The molecule has 2 aliphatic heterocycles. The van der Waals surface area contributed by atoms with Gasteiger partial charge in [-0.2, -0.15) is 0 Å². The summed E-state index contributed by atoms with van der Waals surface area (Å²) in [5, 5.41) is 12.9. The van der Waals surface area contributed by atoms with Crippen molar-refractivity contribution in [1.82, 2.24) is 26.4 Å². The second-order valence-electron chi connectivity index (χ2n) is 10.5. The zero-order valence-corrected chi connectivity index (χ0v) is 18.5. The molecule has 4 aliphatic carbocycles. The Labute approximate surface area is 186 Å². The van der Waals surface area contributed by atoms with Crippen molar-refractivity contribution >= 4 is 5.91 Å². The van der Waals surface area contributed by atoms with E-state index in [2.05, 4.69) is 38.0 Å². The topological polar surface area (TPSA) is 86.9 Å². The Morgan fingerprint density at radius 1 is 1.12 bits per heavy atom. The Hall–Kier alpha value is -0.980. The van der Waals surface area contributed by atoms with E-state index >= 15 is 0 Å². The molecular weight excluding hydrogens is 427 g/mol. The largest absolute Gasteiger partial charge is 0.522 e. The SMILES string of the molecule is CC1CC2C(NC34CC(NC(=O)COC5CCC(OC(F)(F)F)CC5)(C3)C4)NCCN2N1. The van der Waals surface area contributed by atoms with Gasteiger partial charge in [0.15, 0.2) is 0 Å². The molecule has 0 radical (unpaired) electrons. The lowest BCUT2D eigenvalue weighted by Crippen LogP contribution is -2.86. The van der Waals surface area contributed by atoms with Crippen LogP contribution in [0.25, 0.3) is 0 Å².